The van der Waals surface area contributed by atoms with Crippen LogP contribution in [0.2, 0.25) is 10.0 Å². The van der Waals surface area contributed by atoms with Crippen molar-refractivity contribution >= 4 is 45.6 Å². The number of nitrogens with one attached hydrogen (secondary N) is 1. The molecule has 0 aliphatic rings. The highest BCUT2D eigenvalue weighted by molar-refractivity contribution is 7.88. The van der Waals surface area contributed by atoms with Crippen LogP contribution in [0.1, 0.15) is 5.56 Å². The zero-order chi connectivity index (χ0) is 12.2. The monoisotopic (exact) mass is 318 g/mol. The first kappa shape index (κ1) is 17.0. The quantitative estimate of drug-likeness (QED) is 0.869. The van der Waals surface area contributed by atoms with Gasteiger partial charge in [0.05, 0.1) is 15.8 Å². The predicted molar refractivity (Wildman–Crippen MR) is 73.4 cm³/mol. The summed E-state index contributed by atoms with van der Waals surface area (Å²) < 4.78 is 25.4. The number of halogens is 3. The molecular weight excluding hydrogens is 307 g/mol. The van der Waals surface area contributed by atoms with Crippen molar-refractivity contribution in [2.45, 2.75) is 5.75 Å². The van der Waals surface area contributed by atoms with Crippen LogP contribution < -0.4 is 10.5 Å². The van der Waals surface area contributed by atoms with Gasteiger partial charge in [0.15, 0.2) is 0 Å². The number of sulfonamides is 1. The van der Waals surface area contributed by atoms with Crippen molar-refractivity contribution in [3.63, 3.8) is 0 Å². The fraction of sp³-hybridized carbons (Fsp3) is 0.333. The maximum atomic E-state index is 11.5. The minimum absolute atomic E-state index is 0. The van der Waals surface area contributed by atoms with Crippen LogP contribution in [0.4, 0.5) is 0 Å². The maximum Gasteiger partial charge on any atom is 0.215 e. The summed E-state index contributed by atoms with van der Waals surface area (Å²) in [5.74, 6) is -0.135. The average Bonchev–Trinajstić information content (AvgIpc) is 2.20. The smallest absolute Gasteiger partial charge is 0.215 e. The van der Waals surface area contributed by atoms with Crippen LogP contribution >= 0.6 is 35.6 Å². The van der Waals surface area contributed by atoms with Crippen molar-refractivity contribution in [3.8, 4) is 0 Å². The third-order valence-corrected chi connectivity index (χ3v) is 3.90. The molecule has 0 radical (unpaired) electrons. The number of hydrogen-bond acceptors (Lipinski definition) is 3. The van der Waals surface area contributed by atoms with E-state index in [2.05, 4.69) is 4.72 Å². The second-order valence-corrected chi connectivity index (χ2v) is 5.81. The SMILES string of the molecule is Cl.NCCNS(=O)(=O)Cc1ccc(Cl)c(Cl)c1. The van der Waals surface area contributed by atoms with Gasteiger partial charge in [0.1, 0.15) is 0 Å². The Balaban J connectivity index is 0.00000256. The Hall–Kier alpha value is -0.0400. The van der Waals surface area contributed by atoms with Gasteiger partial charge in [-0.3, -0.25) is 0 Å². The minimum atomic E-state index is -3.36. The second-order valence-electron chi connectivity index (χ2n) is 3.19. The van der Waals surface area contributed by atoms with Crippen molar-refractivity contribution in [1.82, 2.24) is 4.72 Å². The summed E-state index contributed by atoms with van der Waals surface area (Å²) in [5.41, 5.74) is 5.79. The van der Waals surface area contributed by atoms with E-state index in [1.807, 2.05) is 0 Å². The normalized spacial score (nSPS) is 11.0. The van der Waals surface area contributed by atoms with Gasteiger partial charge < -0.3 is 5.73 Å². The van der Waals surface area contributed by atoms with E-state index in [1.165, 1.54) is 6.07 Å². The molecule has 0 saturated heterocycles. The van der Waals surface area contributed by atoms with E-state index >= 15 is 0 Å². The molecule has 1 rings (SSSR count). The zero-order valence-corrected chi connectivity index (χ0v) is 12.0. The summed E-state index contributed by atoms with van der Waals surface area (Å²) in [6.07, 6.45) is 0. The highest BCUT2D eigenvalue weighted by atomic mass is 35.5. The van der Waals surface area contributed by atoms with Gasteiger partial charge in [-0.15, -0.1) is 12.4 Å². The largest absolute Gasteiger partial charge is 0.329 e. The molecule has 0 heterocycles. The summed E-state index contributed by atoms with van der Waals surface area (Å²) in [4.78, 5) is 0. The molecular formula is C9H13Cl3N2O2S. The van der Waals surface area contributed by atoms with Crippen LogP contribution in [0.3, 0.4) is 0 Å². The second kappa shape index (κ2) is 7.41. The fourth-order valence-corrected chi connectivity index (χ4v) is 2.58. The average molecular weight is 320 g/mol. The van der Waals surface area contributed by atoms with Gasteiger partial charge >= 0.3 is 0 Å². The van der Waals surface area contributed by atoms with Crippen LogP contribution in [0.25, 0.3) is 0 Å². The first-order valence-electron chi connectivity index (χ1n) is 4.56. The van der Waals surface area contributed by atoms with Crippen molar-refractivity contribution in [3.05, 3.63) is 33.8 Å². The van der Waals surface area contributed by atoms with E-state index in [0.717, 1.165) is 0 Å². The molecule has 8 heteroatoms. The Morgan fingerprint density at radius 3 is 2.41 bits per heavy atom. The zero-order valence-electron chi connectivity index (χ0n) is 8.82. The van der Waals surface area contributed by atoms with Crippen molar-refractivity contribution < 1.29 is 8.42 Å². The topological polar surface area (TPSA) is 72.2 Å². The Morgan fingerprint density at radius 1 is 1.24 bits per heavy atom. The first-order valence-corrected chi connectivity index (χ1v) is 6.97. The van der Waals surface area contributed by atoms with E-state index in [-0.39, 0.29) is 31.2 Å². The molecule has 1 aromatic carbocycles. The molecule has 0 aliphatic heterocycles. The van der Waals surface area contributed by atoms with Crippen LogP contribution in [-0.4, -0.2) is 21.5 Å². The summed E-state index contributed by atoms with van der Waals surface area (Å²) in [6, 6.07) is 4.72. The molecule has 0 aromatic heterocycles. The van der Waals surface area contributed by atoms with Gasteiger partial charge in [-0.1, -0.05) is 29.3 Å². The molecule has 0 unspecified atom stereocenters. The highest BCUT2D eigenvalue weighted by Gasteiger charge is 2.11. The van der Waals surface area contributed by atoms with Gasteiger partial charge in [-0.05, 0) is 17.7 Å². The standard InChI is InChI=1S/C9H12Cl2N2O2S.ClH/c10-8-2-1-7(5-9(8)11)6-16(14,15)13-4-3-12;/h1-2,5,13H,3-4,6,12H2;1H. The fourth-order valence-electron chi connectivity index (χ4n) is 1.11. The summed E-state index contributed by atoms with van der Waals surface area (Å²) in [7, 11) is -3.36. The minimum Gasteiger partial charge on any atom is -0.329 e. The van der Waals surface area contributed by atoms with Gasteiger partial charge in [0, 0.05) is 13.1 Å². The third-order valence-electron chi connectivity index (χ3n) is 1.81. The van der Waals surface area contributed by atoms with Crippen LogP contribution in [0, 0.1) is 0 Å². The van der Waals surface area contributed by atoms with E-state index in [0.29, 0.717) is 15.6 Å². The number of rotatable bonds is 5. The molecule has 0 spiro atoms. The molecule has 98 valence electrons. The van der Waals surface area contributed by atoms with Crippen molar-refractivity contribution in [2.24, 2.45) is 5.73 Å². The maximum absolute atomic E-state index is 11.5. The highest BCUT2D eigenvalue weighted by Crippen LogP contribution is 2.23. The third kappa shape index (κ3) is 5.90. The van der Waals surface area contributed by atoms with Crippen LogP contribution in [0.15, 0.2) is 18.2 Å². The Bertz CT molecular complexity index is 465. The lowest BCUT2D eigenvalue weighted by molar-refractivity contribution is 0.581. The van der Waals surface area contributed by atoms with Gasteiger partial charge in [0.25, 0.3) is 0 Å². The molecule has 0 bridgehead atoms. The van der Waals surface area contributed by atoms with E-state index < -0.39 is 10.0 Å². The number of hydrogen-bond donors (Lipinski definition) is 2. The molecule has 0 fully saturated rings. The van der Waals surface area contributed by atoms with E-state index in [4.69, 9.17) is 28.9 Å². The van der Waals surface area contributed by atoms with E-state index in [1.54, 1.807) is 12.1 Å². The van der Waals surface area contributed by atoms with Gasteiger partial charge in [-0.25, -0.2) is 13.1 Å². The molecule has 0 saturated carbocycles. The first-order chi connectivity index (χ1) is 7.44. The van der Waals surface area contributed by atoms with Crippen molar-refractivity contribution in [2.75, 3.05) is 13.1 Å². The number of nitrogens with two attached hydrogens (primary N) is 1. The molecule has 17 heavy (non-hydrogen) atoms. The number of benzene rings is 1. The Kier molecular flexibility index (Phi) is 7.39. The molecule has 3 N–H and O–H groups in total. The molecule has 1 aromatic rings. The van der Waals surface area contributed by atoms with Gasteiger partial charge in [0.2, 0.25) is 10.0 Å². The lowest BCUT2D eigenvalue weighted by atomic mass is 10.2. The van der Waals surface area contributed by atoms with Crippen LogP contribution in [-0.2, 0) is 15.8 Å². The van der Waals surface area contributed by atoms with Gasteiger partial charge in [-0.2, -0.15) is 0 Å². The van der Waals surface area contributed by atoms with Crippen molar-refractivity contribution in [1.29, 1.82) is 0 Å². The lowest BCUT2D eigenvalue weighted by Crippen LogP contribution is -2.30. The lowest BCUT2D eigenvalue weighted by Gasteiger charge is -2.06. The summed E-state index contributed by atoms with van der Waals surface area (Å²) in [5, 5.41) is 0.742. The Morgan fingerprint density at radius 2 is 1.88 bits per heavy atom. The Labute approximate surface area is 117 Å². The molecule has 0 aliphatic carbocycles. The predicted octanol–water partition coefficient (Wildman–Crippen LogP) is 1.79. The molecule has 0 amide bonds. The summed E-state index contributed by atoms with van der Waals surface area (Å²) in [6.45, 7) is 0.490. The molecule has 0 atom stereocenters. The van der Waals surface area contributed by atoms with E-state index in [9.17, 15) is 8.42 Å². The summed E-state index contributed by atoms with van der Waals surface area (Å²) >= 11 is 11.5. The molecule has 4 nitrogen and oxygen atoms in total. The van der Waals surface area contributed by atoms with Crippen LogP contribution in [0.5, 0.6) is 0 Å².